The number of aromatic nitrogens is 2. The first kappa shape index (κ1) is 19.0. The highest BCUT2D eigenvalue weighted by Gasteiger charge is 2.01. The molecular formula is C20H31N5. The van der Waals surface area contributed by atoms with E-state index in [2.05, 4.69) is 75.7 Å². The standard InChI is InChI=1S/C20H31N5/c1-4-21-20(22-13-8-12-19-10-6-5-7-11-19)23-14-9-15-25-18(3)16-17(2)24-25/h5-7,10-11,16H,4,8-9,12-15H2,1-3H3,(H2,21,22,23). The molecule has 5 heteroatoms. The van der Waals surface area contributed by atoms with E-state index in [1.54, 1.807) is 0 Å². The maximum atomic E-state index is 4.66. The molecule has 0 fully saturated rings. The maximum Gasteiger partial charge on any atom is 0.191 e. The number of nitrogens with one attached hydrogen (secondary N) is 2. The molecule has 0 aliphatic heterocycles. The normalized spacial score (nSPS) is 11.6. The van der Waals surface area contributed by atoms with Crippen LogP contribution in [0.5, 0.6) is 0 Å². The minimum absolute atomic E-state index is 0.798. The van der Waals surface area contributed by atoms with Gasteiger partial charge in [-0.25, -0.2) is 0 Å². The fourth-order valence-electron chi connectivity index (χ4n) is 2.80. The molecule has 0 aliphatic rings. The Labute approximate surface area is 151 Å². The lowest BCUT2D eigenvalue weighted by Crippen LogP contribution is -2.38. The van der Waals surface area contributed by atoms with Crippen molar-refractivity contribution in [1.82, 2.24) is 20.4 Å². The van der Waals surface area contributed by atoms with E-state index in [1.807, 2.05) is 6.92 Å². The van der Waals surface area contributed by atoms with Crippen LogP contribution in [0.15, 0.2) is 41.4 Å². The molecule has 0 spiro atoms. The summed E-state index contributed by atoms with van der Waals surface area (Å²) < 4.78 is 2.06. The van der Waals surface area contributed by atoms with Gasteiger partial charge in [-0.2, -0.15) is 5.10 Å². The molecule has 5 nitrogen and oxygen atoms in total. The molecule has 0 radical (unpaired) electrons. The SMILES string of the molecule is CCNC(=NCCCn1nc(C)cc1C)NCCCc1ccccc1. The van der Waals surface area contributed by atoms with E-state index in [9.17, 15) is 0 Å². The van der Waals surface area contributed by atoms with Crippen LogP contribution in [-0.2, 0) is 13.0 Å². The van der Waals surface area contributed by atoms with E-state index in [0.717, 1.165) is 57.1 Å². The van der Waals surface area contributed by atoms with Crippen LogP contribution in [0, 0.1) is 13.8 Å². The summed E-state index contributed by atoms with van der Waals surface area (Å²) in [5.41, 5.74) is 3.68. The lowest BCUT2D eigenvalue weighted by molar-refractivity contribution is 0.567. The number of hydrogen-bond donors (Lipinski definition) is 2. The Hall–Kier alpha value is -2.30. The predicted molar refractivity (Wildman–Crippen MR) is 105 cm³/mol. The summed E-state index contributed by atoms with van der Waals surface area (Å²) in [6, 6.07) is 12.7. The Bertz CT molecular complexity index is 645. The topological polar surface area (TPSA) is 54.2 Å². The summed E-state index contributed by atoms with van der Waals surface area (Å²) in [6.07, 6.45) is 3.17. The average Bonchev–Trinajstić information content (AvgIpc) is 2.93. The summed E-state index contributed by atoms with van der Waals surface area (Å²) in [6.45, 7) is 9.74. The van der Waals surface area contributed by atoms with Crippen LogP contribution in [0.3, 0.4) is 0 Å². The van der Waals surface area contributed by atoms with Crippen molar-refractivity contribution in [2.75, 3.05) is 19.6 Å². The number of nitrogens with zero attached hydrogens (tertiary/aromatic N) is 3. The first-order valence-corrected chi connectivity index (χ1v) is 9.26. The highest BCUT2D eigenvalue weighted by molar-refractivity contribution is 5.79. The second-order valence-corrected chi connectivity index (χ2v) is 6.28. The molecule has 0 saturated heterocycles. The minimum atomic E-state index is 0.798. The Kier molecular flexibility index (Phi) is 8.02. The van der Waals surface area contributed by atoms with E-state index in [-0.39, 0.29) is 0 Å². The highest BCUT2D eigenvalue weighted by atomic mass is 15.3. The summed E-state index contributed by atoms with van der Waals surface area (Å²) in [5.74, 6) is 0.906. The fraction of sp³-hybridized carbons (Fsp3) is 0.500. The van der Waals surface area contributed by atoms with Gasteiger partial charge in [-0.1, -0.05) is 30.3 Å². The molecule has 0 amide bonds. The summed E-state index contributed by atoms with van der Waals surface area (Å²) >= 11 is 0. The summed E-state index contributed by atoms with van der Waals surface area (Å²) in [4.78, 5) is 4.66. The van der Waals surface area contributed by atoms with Gasteiger partial charge in [-0.05, 0) is 51.7 Å². The summed E-state index contributed by atoms with van der Waals surface area (Å²) in [7, 11) is 0. The molecule has 0 atom stereocenters. The molecule has 0 bridgehead atoms. The van der Waals surface area contributed by atoms with Gasteiger partial charge in [0.15, 0.2) is 5.96 Å². The van der Waals surface area contributed by atoms with Gasteiger partial charge in [-0.15, -0.1) is 0 Å². The number of guanidine groups is 1. The molecule has 0 saturated carbocycles. The average molecular weight is 342 g/mol. The first-order valence-electron chi connectivity index (χ1n) is 9.26. The zero-order valence-corrected chi connectivity index (χ0v) is 15.8. The maximum absolute atomic E-state index is 4.66. The van der Waals surface area contributed by atoms with E-state index >= 15 is 0 Å². The Balaban J connectivity index is 1.69. The Morgan fingerprint density at radius 2 is 1.92 bits per heavy atom. The van der Waals surface area contributed by atoms with Crippen LogP contribution in [0.4, 0.5) is 0 Å². The van der Waals surface area contributed by atoms with Crippen molar-refractivity contribution in [3.05, 3.63) is 53.3 Å². The highest BCUT2D eigenvalue weighted by Crippen LogP contribution is 2.03. The first-order chi connectivity index (χ1) is 12.2. The van der Waals surface area contributed by atoms with E-state index in [4.69, 9.17) is 0 Å². The Morgan fingerprint density at radius 1 is 1.12 bits per heavy atom. The molecule has 0 aliphatic carbocycles. The largest absolute Gasteiger partial charge is 0.357 e. The lowest BCUT2D eigenvalue weighted by atomic mass is 10.1. The minimum Gasteiger partial charge on any atom is -0.357 e. The van der Waals surface area contributed by atoms with Gasteiger partial charge in [0.1, 0.15) is 0 Å². The van der Waals surface area contributed by atoms with Crippen LogP contribution in [0.25, 0.3) is 0 Å². The molecule has 1 aromatic heterocycles. The van der Waals surface area contributed by atoms with Gasteiger partial charge in [0.05, 0.1) is 5.69 Å². The van der Waals surface area contributed by atoms with Gasteiger partial charge >= 0.3 is 0 Å². The van der Waals surface area contributed by atoms with Gasteiger partial charge in [0.2, 0.25) is 0 Å². The number of hydrogen-bond acceptors (Lipinski definition) is 2. The lowest BCUT2D eigenvalue weighted by Gasteiger charge is -2.11. The zero-order chi connectivity index (χ0) is 17.9. The smallest absolute Gasteiger partial charge is 0.191 e. The molecular weight excluding hydrogens is 310 g/mol. The molecule has 136 valence electrons. The van der Waals surface area contributed by atoms with Crippen molar-refractivity contribution >= 4 is 5.96 Å². The van der Waals surface area contributed by atoms with Crippen molar-refractivity contribution in [2.45, 2.75) is 46.6 Å². The fourth-order valence-corrected chi connectivity index (χ4v) is 2.80. The third-order valence-electron chi connectivity index (χ3n) is 4.02. The molecule has 25 heavy (non-hydrogen) atoms. The van der Waals surface area contributed by atoms with Crippen LogP contribution in [0.1, 0.15) is 36.7 Å². The van der Waals surface area contributed by atoms with Crippen molar-refractivity contribution in [1.29, 1.82) is 0 Å². The molecule has 2 N–H and O–H groups in total. The molecule has 0 unspecified atom stereocenters. The quantitative estimate of drug-likeness (QED) is 0.419. The monoisotopic (exact) mass is 341 g/mol. The summed E-state index contributed by atoms with van der Waals surface area (Å²) in [5, 5.41) is 11.2. The van der Waals surface area contributed by atoms with E-state index < -0.39 is 0 Å². The predicted octanol–water partition coefficient (Wildman–Crippen LogP) is 3.08. The number of aliphatic imine (C=N–C) groups is 1. The third kappa shape index (κ3) is 6.99. The van der Waals surface area contributed by atoms with E-state index in [1.165, 1.54) is 11.3 Å². The molecule has 1 aromatic carbocycles. The molecule has 1 heterocycles. The van der Waals surface area contributed by atoms with Gasteiger partial charge in [-0.3, -0.25) is 9.67 Å². The van der Waals surface area contributed by atoms with Crippen molar-refractivity contribution in [3.63, 3.8) is 0 Å². The number of benzene rings is 1. The van der Waals surface area contributed by atoms with E-state index in [0.29, 0.717) is 0 Å². The van der Waals surface area contributed by atoms with Gasteiger partial charge in [0.25, 0.3) is 0 Å². The Morgan fingerprint density at radius 3 is 2.60 bits per heavy atom. The van der Waals surface area contributed by atoms with Crippen LogP contribution < -0.4 is 10.6 Å². The second-order valence-electron chi connectivity index (χ2n) is 6.28. The number of rotatable bonds is 9. The number of aryl methyl sites for hydroxylation is 4. The van der Waals surface area contributed by atoms with Crippen LogP contribution in [-0.4, -0.2) is 35.4 Å². The zero-order valence-electron chi connectivity index (χ0n) is 15.8. The van der Waals surface area contributed by atoms with Crippen LogP contribution >= 0.6 is 0 Å². The third-order valence-corrected chi connectivity index (χ3v) is 4.02. The van der Waals surface area contributed by atoms with Crippen molar-refractivity contribution in [3.8, 4) is 0 Å². The van der Waals surface area contributed by atoms with Gasteiger partial charge in [0, 0.05) is 31.9 Å². The van der Waals surface area contributed by atoms with Crippen molar-refractivity contribution in [2.24, 2.45) is 4.99 Å². The molecule has 2 aromatic rings. The second kappa shape index (κ2) is 10.5. The van der Waals surface area contributed by atoms with Crippen LogP contribution in [0.2, 0.25) is 0 Å². The molecule has 2 rings (SSSR count). The van der Waals surface area contributed by atoms with Crippen molar-refractivity contribution < 1.29 is 0 Å². The van der Waals surface area contributed by atoms with Gasteiger partial charge < -0.3 is 10.6 Å².